The zero-order valence-corrected chi connectivity index (χ0v) is 22.7. The molecule has 0 heterocycles. The zero-order valence-electron chi connectivity index (χ0n) is 21.1. The van der Waals surface area contributed by atoms with Gasteiger partial charge in [-0.15, -0.1) is 6.58 Å². The molecule has 2 nitrogen and oxygen atoms in total. The van der Waals surface area contributed by atoms with Crippen LogP contribution in [-0.4, -0.2) is 12.6 Å². The minimum atomic E-state index is -0.360. The monoisotopic (exact) mass is 520 g/mol. The molecule has 0 bridgehead atoms. The number of carbonyl (C=O) groups is 1. The lowest BCUT2D eigenvalue weighted by atomic mass is 10.0. The molecule has 0 aliphatic carbocycles. The fourth-order valence-electron chi connectivity index (χ4n) is 4.22. The molecule has 1 aromatic carbocycles. The van der Waals surface area contributed by atoms with E-state index >= 15 is 0 Å². The fourth-order valence-corrected chi connectivity index (χ4v) is 4.66. The third-order valence-electron chi connectivity index (χ3n) is 6.35. The number of hydrogen-bond donors (Lipinski definition) is 0. The van der Waals surface area contributed by atoms with Crippen molar-refractivity contribution in [1.82, 2.24) is 0 Å². The number of ether oxygens (including phenoxy) is 1. The Hall–Kier alpha value is -1.09. The first-order valence-corrected chi connectivity index (χ1v) is 14.6. The maximum absolute atomic E-state index is 12.1. The number of unbranched alkanes of at least 4 members (excludes halogenated alkanes) is 18. The number of benzene rings is 1. The molecule has 0 N–H and O–H groups in total. The van der Waals surface area contributed by atoms with E-state index in [0.717, 1.165) is 18.4 Å². The summed E-state index contributed by atoms with van der Waals surface area (Å²) in [6, 6.07) is 9.71. The number of hydrogen-bond acceptors (Lipinski definition) is 2. The maximum atomic E-state index is 12.1. The van der Waals surface area contributed by atoms with Gasteiger partial charge < -0.3 is 4.74 Å². The molecule has 33 heavy (non-hydrogen) atoms. The average molecular weight is 522 g/mol. The van der Waals surface area contributed by atoms with Gasteiger partial charge in [0.1, 0.15) is 4.83 Å². The molecule has 0 radical (unpaired) electrons. The molecule has 188 valence electrons. The summed E-state index contributed by atoms with van der Waals surface area (Å²) in [4.78, 5) is 11.7. The second-order valence-corrected chi connectivity index (χ2v) is 10.3. The highest BCUT2D eigenvalue weighted by molar-refractivity contribution is 9.09. The van der Waals surface area contributed by atoms with Crippen molar-refractivity contribution in [1.29, 1.82) is 0 Å². The van der Waals surface area contributed by atoms with Crippen LogP contribution < -0.4 is 0 Å². The van der Waals surface area contributed by atoms with E-state index in [1.807, 2.05) is 36.4 Å². The smallest absolute Gasteiger partial charge is 0.324 e. The van der Waals surface area contributed by atoms with E-state index in [2.05, 4.69) is 22.5 Å². The topological polar surface area (TPSA) is 26.3 Å². The second-order valence-electron chi connectivity index (χ2n) is 9.38. The van der Waals surface area contributed by atoms with E-state index < -0.39 is 0 Å². The molecular weight excluding hydrogens is 472 g/mol. The standard InChI is InChI=1S/C30H49BrO2/c1-2-3-4-5-6-7-8-9-10-11-12-13-14-15-16-17-18-19-20-24-27-33-30(32)29(31)28-25-22-21-23-26-28/h2,21-23,25-26,29H,1,3-20,24,27H2. The normalized spacial score (nSPS) is 11.9. The SMILES string of the molecule is C=CCCCCCCCCCCCCCCCCCCCCOC(=O)C(Br)c1ccccc1. The molecule has 1 rings (SSSR count). The van der Waals surface area contributed by atoms with Crippen LogP contribution in [0.4, 0.5) is 0 Å². The second kappa shape index (κ2) is 22.7. The van der Waals surface area contributed by atoms with Crippen molar-refractivity contribution < 1.29 is 9.53 Å². The Morgan fingerprint density at radius 2 is 1.09 bits per heavy atom. The quantitative estimate of drug-likeness (QED) is 0.0620. The Labute approximate surface area is 213 Å². The van der Waals surface area contributed by atoms with Crippen LogP contribution >= 0.6 is 15.9 Å². The van der Waals surface area contributed by atoms with Crippen molar-refractivity contribution in [2.75, 3.05) is 6.61 Å². The van der Waals surface area contributed by atoms with Gasteiger partial charge in [0.05, 0.1) is 6.61 Å². The van der Waals surface area contributed by atoms with Crippen LogP contribution in [0.2, 0.25) is 0 Å². The number of allylic oxidation sites excluding steroid dienone is 1. The van der Waals surface area contributed by atoms with Crippen LogP contribution in [0, 0.1) is 0 Å². The molecular formula is C30H49BrO2. The van der Waals surface area contributed by atoms with Crippen LogP contribution in [0.1, 0.15) is 132 Å². The van der Waals surface area contributed by atoms with Gasteiger partial charge in [-0.25, -0.2) is 0 Å². The number of rotatable bonds is 23. The Kier molecular flexibility index (Phi) is 20.6. The van der Waals surface area contributed by atoms with Gasteiger partial charge in [-0.05, 0) is 24.8 Å². The molecule has 1 aromatic rings. The summed E-state index contributed by atoms with van der Waals surface area (Å²) in [5.74, 6) is -0.184. The molecule has 0 aliphatic rings. The maximum Gasteiger partial charge on any atom is 0.324 e. The fraction of sp³-hybridized carbons (Fsp3) is 0.700. The summed E-state index contributed by atoms with van der Waals surface area (Å²) in [5, 5.41) is 0. The molecule has 0 aromatic heterocycles. The highest BCUT2D eigenvalue weighted by Gasteiger charge is 2.17. The van der Waals surface area contributed by atoms with Crippen LogP contribution in [-0.2, 0) is 9.53 Å². The van der Waals surface area contributed by atoms with Gasteiger partial charge in [0.15, 0.2) is 0 Å². The number of halogens is 1. The molecule has 1 atom stereocenters. The lowest BCUT2D eigenvalue weighted by molar-refractivity contribution is -0.143. The van der Waals surface area contributed by atoms with Gasteiger partial charge >= 0.3 is 5.97 Å². The first-order valence-electron chi connectivity index (χ1n) is 13.7. The summed E-state index contributed by atoms with van der Waals surface area (Å²) in [6.45, 7) is 4.31. The van der Waals surface area contributed by atoms with E-state index in [0.29, 0.717) is 6.61 Å². The molecule has 0 fully saturated rings. The van der Waals surface area contributed by atoms with Gasteiger partial charge in [0.25, 0.3) is 0 Å². The first-order chi connectivity index (χ1) is 16.3. The van der Waals surface area contributed by atoms with Crippen molar-refractivity contribution in [3.8, 4) is 0 Å². The molecule has 3 heteroatoms. The molecule has 0 saturated heterocycles. The van der Waals surface area contributed by atoms with Gasteiger partial charge in [-0.2, -0.15) is 0 Å². The van der Waals surface area contributed by atoms with Gasteiger partial charge in [-0.3, -0.25) is 4.79 Å². The summed E-state index contributed by atoms with van der Waals surface area (Å²) in [7, 11) is 0. The summed E-state index contributed by atoms with van der Waals surface area (Å²) >= 11 is 3.43. The molecule has 0 spiro atoms. The van der Waals surface area contributed by atoms with Crippen molar-refractivity contribution in [2.24, 2.45) is 0 Å². The van der Waals surface area contributed by atoms with Crippen molar-refractivity contribution in [3.63, 3.8) is 0 Å². The van der Waals surface area contributed by atoms with E-state index in [1.54, 1.807) is 0 Å². The number of alkyl halides is 1. The average Bonchev–Trinajstić information content (AvgIpc) is 2.85. The largest absolute Gasteiger partial charge is 0.465 e. The lowest BCUT2D eigenvalue weighted by Crippen LogP contribution is -2.11. The Morgan fingerprint density at radius 1 is 0.697 bits per heavy atom. The van der Waals surface area contributed by atoms with E-state index in [4.69, 9.17) is 4.74 Å². The predicted octanol–water partition coefficient (Wildman–Crippen LogP) is 10.3. The number of carbonyl (C=O) groups excluding carboxylic acids is 1. The Morgan fingerprint density at radius 3 is 1.52 bits per heavy atom. The minimum Gasteiger partial charge on any atom is -0.465 e. The van der Waals surface area contributed by atoms with Crippen molar-refractivity contribution in [3.05, 3.63) is 48.6 Å². The summed E-state index contributed by atoms with van der Waals surface area (Å²) in [5.41, 5.74) is 0.948. The van der Waals surface area contributed by atoms with Gasteiger partial charge in [0, 0.05) is 0 Å². The number of esters is 1. The first kappa shape index (κ1) is 29.9. The van der Waals surface area contributed by atoms with Gasteiger partial charge in [0.2, 0.25) is 0 Å². The molecule has 0 saturated carbocycles. The van der Waals surface area contributed by atoms with Crippen LogP contribution in [0.3, 0.4) is 0 Å². The lowest BCUT2D eigenvalue weighted by Gasteiger charge is -2.10. The van der Waals surface area contributed by atoms with Crippen LogP contribution in [0.5, 0.6) is 0 Å². The summed E-state index contributed by atoms with van der Waals surface area (Å²) < 4.78 is 5.41. The van der Waals surface area contributed by atoms with Crippen LogP contribution in [0.25, 0.3) is 0 Å². The third kappa shape index (κ3) is 18.0. The Balaban J connectivity index is 1.75. The third-order valence-corrected chi connectivity index (χ3v) is 7.25. The summed E-state index contributed by atoms with van der Waals surface area (Å²) in [6.07, 6.45) is 27.6. The van der Waals surface area contributed by atoms with E-state index in [1.165, 1.54) is 109 Å². The van der Waals surface area contributed by atoms with Crippen molar-refractivity contribution in [2.45, 2.75) is 127 Å². The highest BCUT2D eigenvalue weighted by atomic mass is 79.9. The van der Waals surface area contributed by atoms with Gasteiger partial charge in [-0.1, -0.05) is 155 Å². The zero-order chi connectivity index (χ0) is 23.8. The van der Waals surface area contributed by atoms with Crippen molar-refractivity contribution >= 4 is 21.9 Å². The molecule has 0 aliphatic heterocycles. The highest BCUT2D eigenvalue weighted by Crippen LogP contribution is 2.24. The molecule has 0 amide bonds. The van der Waals surface area contributed by atoms with E-state index in [9.17, 15) is 4.79 Å². The van der Waals surface area contributed by atoms with Crippen LogP contribution in [0.15, 0.2) is 43.0 Å². The minimum absolute atomic E-state index is 0.184. The Bertz CT molecular complexity index is 572. The predicted molar refractivity (Wildman–Crippen MR) is 147 cm³/mol. The molecule has 1 unspecified atom stereocenters. The van der Waals surface area contributed by atoms with E-state index in [-0.39, 0.29) is 10.8 Å².